The molecule has 2 heterocycles. The van der Waals surface area contributed by atoms with Gasteiger partial charge in [-0.25, -0.2) is 9.78 Å². The molecule has 0 bridgehead atoms. The molecule has 0 amide bonds. The lowest BCUT2D eigenvalue weighted by Crippen LogP contribution is -2.04. The van der Waals surface area contributed by atoms with Gasteiger partial charge in [0.05, 0.1) is 18.2 Å². The van der Waals surface area contributed by atoms with E-state index in [2.05, 4.69) is 25.0 Å². The van der Waals surface area contributed by atoms with E-state index in [1.54, 1.807) is 24.3 Å². The lowest BCUT2D eigenvalue weighted by molar-refractivity contribution is 0.0600. The van der Waals surface area contributed by atoms with Crippen LogP contribution in [-0.4, -0.2) is 28.0 Å². The Bertz CT molecular complexity index is 1230. The Labute approximate surface area is 172 Å². The molecule has 0 unspecified atom stereocenters. The fourth-order valence-electron chi connectivity index (χ4n) is 2.94. The van der Waals surface area contributed by atoms with Crippen molar-refractivity contribution in [2.24, 2.45) is 0 Å². The molecule has 0 aliphatic carbocycles. The van der Waals surface area contributed by atoms with E-state index >= 15 is 0 Å². The Morgan fingerprint density at radius 1 is 1.03 bits per heavy atom. The number of methoxy groups -OCH3 is 1. The summed E-state index contributed by atoms with van der Waals surface area (Å²) in [4.78, 5) is 24.4. The molecule has 150 valence electrons. The zero-order valence-corrected chi connectivity index (χ0v) is 16.4. The second-order valence-electron chi connectivity index (χ2n) is 6.51. The summed E-state index contributed by atoms with van der Waals surface area (Å²) in [5.41, 5.74) is 9.55. The second-order valence-corrected chi connectivity index (χ2v) is 6.51. The van der Waals surface area contributed by atoms with E-state index in [0.29, 0.717) is 17.1 Å². The normalized spacial score (nSPS) is 10.6. The molecular weight excluding hydrogens is 382 g/mol. The summed E-state index contributed by atoms with van der Waals surface area (Å²) < 4.78 is 10.5. The summed E-state index contributed by atoms with van der Waals surface area (Å²) >= 11 is 0. The molecule has 0 saturated heterocycles. The first-order valence-electron chi connectivity index (χ1n) is 9.15. The Balaban J connectivity index is 1.60. The number of aryl methyl sites for hydroxylation is 1. The third-order valence-corrected chi connectivity index (χ3v) is 4.46. The third kappa shape index (κ3) is 3.83. The predicted molar refractivity (Wildman–Crippen MR) is 114 cm³/mol. The van der Waals surface area contributed by atoms with Crippen molar-refractivity contribution in [1.82, 2.24) is 15.0 Å². The van der Waals surface area contributed by atoms with Gasteiger partial charge in [-0.05, 0) is 55.5 Å². The average molecular weight is 401 g/mol. The summed E-state index contributed by atoms with van der Waals surface area (Å²) in [5.74, 6) is 0.671. The van der Waals surface area contributed by atoms with E-state index in [9.17, 15) is 4.79 Å². The van der Waals surface area contributed by atoms with Crippen molar-refractivity contribution in [3.05, 3.63) is 72.2 Å². The van der Waals surface area contributed by atoms with Gasteiger partial charge in [-0.2, -0.15) is 4.98 Å². The van der Waals surface area contributed by atoms with Crippen molar-refractivity contribution in [2.75, 3.05) is 18.2 Å². The summed E-state index contributed by atoms with van der Waals surface area (Å²) in [5, 5.41) is 4.18. The van der Waals surface area contributed by atoms with Gasteiger partial charge in [0.25, 0.3) is 0 Å². The largest absolute Gasteiger partial charge is 0.465 e. The van der Waals surface area contributed by atoms with Gasteiger partial charge >= 0.3 is 5.97 Å². The van der Waals surface area contributed by atoms with Gasteiger partial charge in [-0.3, -0.25) is 4.98 Å². The van der Waals surface area contributed by atoms with E-state index in [1.165, 1.54) is 13.4 Å². The Kier molecular flexibility index (Phi) is 5.13. The van der Waals surface area contributed by atoms with Crippen LogP contribution in [0.5, 0.6) is 11.6 Å². The molecule has 0 fully saturated rings. The molecule has 0 aliphatic heterocycles. The zero-order valence-electron chi connectivity index (χ0n) is 16.4. The van der Waals surface area contributed by atoms with E-state index in [4.69, 9.17) is 10.5 Å². The molecule has 3 N–H and O–H groups in total. The maximum absolute atomic E-state index is 11.6. The minimum Gasteiger partial charge on any atom is -0.465 e. The van der Waals surface area contributed by atoms with Crippen molar-refractivity contribution in [3.8, 4) is 11.6 Å². The first-order chi connectivity index (χ1) is 14.5. The minimum atomic E-state index is -0.422. The number of fused-ring (bicyclic) bond motifs is 1. The minimum absolute atomic E-state index is 0.201. The quantitative estimate of drug-likeness (QED) is 0.478. The van der Waals surface area contributed by atoms with Gasteiger partial charge in [0, 0.05) is 16.8 Å². The maximum atomic E-state index is 11.6. The van der Waals surface area contributed by atoms with Crippen LogP contribution < -0.4 is 15.8 Å². The number of hydrogen-bond donors (Lipinski definition) is 2. The number of benzene rings is 2. The van der Waals surface area contributed by atoms with Crippen LogP contribution in [0.15, 0.2) is 60.9 Å². The number of rotatable bonds is 5. The summed E-state index contributed by atoms with van der Waals surface area (Å²) in [6, 6.07) is 16.2. The Hall–Kier alpha value is -4.20. The number of esters is 1. The van der Waals surface area contributed by atoms with E-state index in [1.807, 2.05) is 37.3 Å². The fraction of sp³-hybridized carbons (Fsp3) is 0.0909. The molecule has 8 nitrogen and oxygen atoms in total. The topological polar surface area (TPSA) is 112 Å². The van der Waals surface area contributed by atoms with Crippen LogP contribution in [0.1, 0.15) is 16.1 Å². The first-order valence-corrected chi connectivity index (χ1v) is 9.15. The number of nitrogens with two attached hydrogens (primary N) is 1. The molecule has 0 radical (unpaired) electrons. The number of nitrogen functional groups attached to an aromatic ring is 1. The Morgan fingerprint density at radius 3 is 2.60 bits per heavy atom. The highest BCUT2D eigenvalue weighted by Crippen LogP contribution is 2.33. The van der Waals surface area contributed by atoms with Crippen LogP contribution >= 0.6 is 0 Å². The van der Waals surface area contributed by atoms with Crippen molar-refractivity contribution in [2.45, 2.75) is 6.92 Å². The molecule has 0 atom stereocenters. The Morgan fingerprint density at radius 2 is 1.83 bits per heavy atom. The number of nitrogens with one attached hydrogen (secondary N) is 1. The molecule has 2 aromatic heterocycles. The molecule has 0 saturated carbocycles. The predicted octanol–water partition coefficient (Wildman–Crippen LogP) is 4.24. The van der Waals surface area contributed by atoms with Crippen molar-refractivity contribution >= 4 is 34.1 Å². The highest BCUT2D eigenvalue weighted by atomic mass is 16.5. The molecule has 8 heteroatoms. The molecule has 0 spiro atoms. The van der Waals surface area contributed by atoms with Gasteiger partial charge in [-0.15, -0.1) is 0 Å². The van der Waals surface area contributed by atoms with Crippen molar-refractivity contribution < 1.29 is 14.3 Å². The standard InChI is InChI=1S/C22H19N5O3/c1-13-6-11-16-17(26-13)4-3-5-18(16)27-20-19(23)21(25-12-24-20)30-15-9-7-14(8-10-15)22(28)29-2/h3-12H,23H2,1-2H3,(H,24,25,27). The van der Waals surface area contributed by atoms with Crippen molar-refractivity contribution in [3.63, 3.8) is 0 Å². The lowest BCUT2D eigenvalue weighted by atomic mass is 10.1. The van der Waals surface area contributed by atoms with Crippen LogP contribution in [0.4, 0.5) is 17.2 Å². The van der Waals surface area contributed by atoms with Crippen LogP contribution in [0.25, 0.3) is 10.9 Å². The lowest BCUT2D eigenvalue weighted by Gasteiger charge is -2.13. The second kappa shape index (κ2) is 8.04. The SMILES string of the molecule is COC(=O)c1ccc(Oc2ncnc(Nc3cccc4nc(C)ccc34)c2N)cc1. The van der Waals surface area contributed by atoms with Crippen LogP contribution in [0.3, 0.4) is 0 Å². The maximum Gasteiger partial charge on any atom is 0.337 e. The third-order valence-electron chi connectivity index (χ3n) is 4.46. The van der Waals surface area contributed by atoms with Gasteiger partial charge in [0.15, 0.2) is 5.82 Å². The van der Waals surface area contributed by atoms with E-state index < -0.39 is 5.97 Å². The van der Waals surface area contributed by atoms with Crippen LogP contribution in [0, 0.1) is 6.92 Å². The fourth-order valence-corrected chi connectivity index (χ4v) is 2.94. The van der Waals surface area contributed by atoms with Gasteiger partial charge in [-0.1, -0.05) is 6.07 Å². The van der Waals surface area contributed by atoms with E-state index in [0.717, 1.165) is 22.3 Å². The number of carbonyl (C=O) groups is 1. The number of hydrogen-bond acceptors (Lipinski definition) is 8. The van der Waals surface area contributed by atoms with Gasteiger partial charge in [0.1, 0.15) is 17.8 Å². The monoisotopic (exact) mass is 401 g/mol. The van der Waals surface area contributed by atoms with Crippen LogP contribution in [0.2, 0.25) is 0 Å². The molecular formula is C22H19N5O3. The number of carbonyl (C=O) groups excluding carboxylic acids is 1. The number of nitrogens with zero attached hydrogens (tertiary/aromatic N) is 3. The molecule has 4 aromatic rings. The summed E-state index contributed by atoms with van der Waals surface area (Å²) in [6.45, 7) is 1.95. The van der Waals surface area contributed by atoms with Gasteiger partial charge < -0.3 is 20.5 Å². The number of pyridine rings is 1. The summed E-state index contributed by atoms with van der Waals surface area (Å²) in [7, 11) is 1.33. The number of ether oxygens (including phenoxy) is 2. The smallest absolute Gasteiger partial charge is 0.337 e. The number of aromatic nitrogens is 3. The zero-order chi connectivity index (χ0) is 21.1. The molecule has 4 rings (SSSR count). The number of anilines is 3. The van der Waals surface area contributed by atoms with Gasteiger partial charge in [0.2, 0.25) is 5.88 Å². The molecule has 30 heavy (non-hydrogen) atoms. The highest BCUT2D eigenvalue weighted by molar-refractivity contribution is 5.94. The molecule has 0 aliphatic rings. The van der Waals surface area contributed by atoms with E-state index in [-0.39, 0.29) is 11.6 Å². The average Bonchev–Trinajstić information content (AvgIpc) is 2.76. The molecule has 2 aromatic carbocycles. The first kappa shape index (κ1) is 19.1. The highest BCUT2D eigenvalue weighted by Gasteiger charge is 2.13. The van der Waals surface area contributed by atoms with Crippen LogP contribution in [-0.2, 0) is 4.74 Å². The summed E-state index contributed by atoms with van der Waals surface area (Å²) in [6.07, 6.45) is 1.37. The van der Waals surface area contributed by atoms with Crippen molar-refractivity contribution in [1.29, 1.82) is 0 Å².